The monoisotopic (exact) mass is 1060 g/mol. The highest BCUT2D eigenvalue weighted by molar-refractivity contribution is 5.97. The summed E-state index contributed by atoms with van der Waals surface area (Å²) in [5.41, 5.74) is 25.8. The average Bonchev–Trinajstić information content (AvgIpc) is 1.68. The normalized spacial score (nSPS) is 13.7. The summed E-state index contributed by atoms with van der Waals surface area (Å²) in [5.74, 6) is 3.54. The fourth-order valence-corrected chi connectivity index (χ4v) is 14.6. The van der Waals surface area contributed by atoms with E-state index in [9.17, 15) is 0 Å². The SMILES string of the molecule is c1ccc(-c2ccc(-c3ccccc3N(c3ccc(-c4ccc5c(c4)C4(c6ccccc6Oc6ccccc64)c4ccccc4-5)cc3)c3ccccc3-c3ccc4c(c3)C3(c5ccccc5Oc5ccccc53)c3ccccc3-4)cc2)cc1. The standard InChI is InChI=1S/C80H51NO2/c1-2-20-52(21-3-1)53-38-40-55(41-39-53)59-22-6-14-32-73(59)81(58-46-42-54(43-47-58)56-44-48-63-61-24-4-8-26-65(61)79(71(63)50-56)67-28-10-16-34-75(67)82-76-35-17-11-29-68(76)79)74-33-15-7-23-60(74)57-45-49-64-62-25-5-9-27-66(62)80(72(64)51-57)69-30-12-18-36-77(69)83-78-37-19-13-31-70(78)80/h1-51H. The molecular weight excluding hydrogens is 1010 g/mol. The number of rotatable bonds is 7. The third kappa shape index (κ3) is 6.86. The smallest absolute Gasteiger partial charge is 0.132 e. The Morgan fingerprint density at radius 2 is 0.518 bits per heavy atom. The van der Waals surface area contributed by atoms with Crippen LogP contribution < -0.4 is 14.4 Å². The molecule has 0 radical (unpaired) electrons. The van der Waals surface area contributed by atoms with E-state index in [1.807, 2.05) is 0 Å². The van der Waals surface area contributed by atoms with Gasteiger partial charge < -0.3 is 14.4 Å². The molecule has 2 aliphatic carbocycles. The number of anilines is 3. The van der Waals surface area contributed by atoms with Crippen LogP contribution in [-0.4, -0.2) is 0 Å². The van der Waals surface area contributed by atoms with E-state index in [2.05, 4.69) is 314 Å². The minimum Gasteiger partial charge on any atom is -0.457 e. The van der Waals surface area contributed by atoms with Gasteiger partial charge in [-0.05, 0) is 139 Å². The first-order valence-corrected chi connectivity index (χ1v) is 28.6. The Morgan fingerprint density at radius 1 is 0.205 bits per heavy atom. The van der Waals surface area contributed by atoms with Crippen molar-refractivity contribution in [3.05, 3.63) is 354 Å². The lowest BCUT2D eigenvalue weighted by Gasteiger charge is -2.39. The summed E-state index contributed by atoms with van der Waals surface area (Å²) in [7, 11) is 0. The maximum absolute atomic E-state index is 6.74. The van der Waals surface area contributed by atoms with E-state index < -0.39 is 10.8 Å². The highest BCUT2D eigenvalue weighted by atomic mass is 16.5. The second kappa shape index (κ2) is 18.4. The maximum atomic E-state index is 6.74. The summed E-state index contributed by atoms with van der Waals surface area (Å²) >= 11 is 0. The van der Waals surface area contributed by atoms with Crippen molar-refractivity contribution in [3.63, 3.8) is 0 Å². The third-order valence-corrected chi connectivity index (χ3v) is 18.1. The number of para-hydroxylation sites is 6. The fraction of sp³-hybridized carbons (Fsp3) is 0.0250. The zero-order valence-corrected chi connectivity index (χ0v) is 45.2. The molecule has 0 aromatic heterocycles. The van der Waals surface area contributed by atoms with E-state index >= 15 is 0 Å². The lowest BCUT2D eigenvalue weighted by Crippen LogP contribution is -2.32. The summed E-state index contributed by atoms with van der Waals surface area (Å²) in [4.78, 5) is 2.47. The van der Waals surface area contributed by atoms with Crippen molar-refractivity contribution in [2.75, 3.05) is 4.90 Å². The second-order valence-corrected chi connectivity index (χ2v) is 22.2. The zero-order chi connectivity index (χ0) is 54.6. The molecule has 0 amide bonds. The molecule has 13 aromatic carbocycles. The van der Waals surface area contributed by atoms with Gasteiger partial charge in [-0.1, -0.05) is 249 Å². The van der Waals surface area contributed by atoms with Crippen molar-refractivity contribution >= 4 is 17.1 Å². The van der Waals surface area contributed by atoms with Crippen LogP contribution in [0.3, 0.4) is 0 Å². The van der Waals surface area contributed by atoms with Gasteiger partial charge in [0.1, 0.15) is 23.0 Å². The van der Waals surface area contributed by atoms with Gasteiger partial charge in [0.25, 0.3) is 0 Å². The number of hydrogen-bond donors (Lipinski definition) is 0. The number of nitrogens with zero attached hydrogens (tertiary/aromatic N) is 1. The Balaban J connectivity index is 0.842. The molecule has 0 N–H and O–H groups in total. The molecule has 0 saturated heterocycles. The van der Waals surface area contributed by atoms with Crippen molar-refractivity contribution in [1.29, 1.82) is 0 Å². The molecule has 0 bridgehead atoms. The molecule has 3 nitrogen and oxygen atoms in total. The molecule has 17 rings (SSSR count). The number of benzene rings is 13. The van der Waals surface area contributed by atoms with Gasteiger partial charge in [-0.25, -0.2) is 0 Å². The van der Waals surface area contributed by atoms with Crippen LogP contribution >= 0.6 is 0 Å². The van der Waals surface area contributed by atoms with Gasteiger partial charge in [-0.15, -0.1) is 0 Å². The van der Waals surface area contributed by atoms with Gasteiger partial charge in [0.15, 0.2) is 0 Å². The Kier molecular flexibility index (Phi) is 10.4. The number of ether oxygens (including phenoxy) is 2. The highest BCUT2D eigenvalue weighted by Crippen LogP contribution is 2.64. The summed E-state index contributed by atoms with van der Waals surface area (Å²) in [6.45, 7) is 0. The Bertz CT molecular complexity index is 4660. The molecule has 4 aliphatic rings. The summed E-state index contributed by atoms with van der Waals surface area (Å²) in [6.07, 6.45) is 0. The highest BCUT2D eigenvalue weighted by Gasteiger charge is 2.52. The van der Waals surface area contributed by atoms with E-state index in [0.717, 1.165) is 95.7 Å². The second-order valence-electron chi connectivity index (χ2n) is 22.2. The van der Waals surface area contributed by atoms with Gasteiger partial charge in [0, 0.05) is 39.1 Å². The van der Waals surface area contributed by atoms with Gasteiger partial charge in [-0.3, -0.25) is 0 Å². The van der Waals surface area contributed by atoms with Crippen LogP contribution in [0, 0.1) is 0 Å². The lowest BCUT2D eigenvalue weighted by molar-refractivity contribution is 0.436. The topological polar surface area (TPSA) is 21.7 Å². The summed E-state index contributed by atoms with van der Waals surface area (Å²) in [5, 5.41) is 0. The van der Waals surface area contributed by atoms with E-state index in [0.29, 0.717) is 0 Å². The van der Waals surface area contributed by atoms with Crippen molar-refractivity contribution in [1.82, 2.24) is 0 Å². The number of hydrogen-bond acceptors (Lipinski definition) is 3. The van der Waals surface area contributed by atoms with Gasteiger partial charge in [-0.2, -0.15) is 0 Å². The van der Waals surface area contributed by atoms with E-state index in [4.69, 9.17) is 9.47 Å². The Labute approximate surface area is 483 Å². The molecule has 2 spiro atoms. The van der Waals surface area contributed by atoms with E-state index in [-0.39, 0.29) is 0 Å². The van der Waals surface area contributed by atoms with Gasteiger partial charge in [0.2, 0.25) is 0 Å². The first kappa shape index (κ1) is 47.1. The van der Waals surface area contributed by atoms with Crippen LogP contribution in [-0.2, 0) is 10.8 Å². The van der Waals surface area contributed by atoms with Crippen molar-refractivity contribution in [3.8, 4) is 89.8 Å². The number of fused-ring (bicyclic) bond motifs is 18. The predicted molar refractivity (Wildman–Crippen MR) is 338 cm³/mol. The van der Waals surface area contributed by atoms with Gasteiger partial charge in [0.05, 0.1) is 22.2 Å². The van der Waals surface area contributed by atoms with Crippen LogP contribution in [0.2, 0.25) is 0 Å². The molecule has 2 heterocycles. The molecule has 0 saturated carbocycles. The average molecular weight is 1060 g/mol. The fourth-order valence-electron chi connectivity index (χ4n) is 14.6. The molecule has 3 heteroatoms. The van der Waals surface area contributed by atoms with Crippen LogP contribution in [0.5, 0.6) is 23.0 Å². The largest absolute Gasteiger partial charge is 0.457 e. The summed E-state index contributed by atoms with van der Waals surface area (Å²) in [6, 6.07) is 113. The third-order valence-electron chi connectivity index (χ3n) is 18.1. The predicted octanol–water partition coefficient (Wildman–Crippen LogP) is 20.8. The minimum absolute atomic E-state index is 0.561. The molecule has 388 valence electrons. The lowest BCUT2D eigenvalue weighted by atomic mass is 9.66. The molecular formula is C80H51NO2. The summed E-state index contributed by atoms with van der Waals surface area (Å²) < 4.78 is 13.4. The molecule has 2 aliphatic heterocycles. The molecule has 13 aromatic rings. The van der Waals surface area contributed by atoms with E-state index in [1.165, 1.54) is 55.6 Å². The van der Waals surface area contributed by atoms with Gasteiger partial charge >= 0.3 is 0 Å². The quantitative estimate of drug-likeness (QED) is 0.159. The van der Waals surface area contributed by atoms with E-state index in [1.54, 1.807) is 0 Å². The van der Waals surface area contributed by atoms with Crippen molar-refractivity contribution in [2.45, 2.75) is 10.8 Å². The van der Waals surface area contributed by atoms with Crippen LogP contribution in [0.1, 0.15) is 44.5 Å². The van der Waals surface area contributed by atoms with Crippen molar-refractivity contribution in [2.24, 2.45) is 0 Å². The first-order chi connectivity index (χ1) is 41.2. The molecule has 83 heavy (non-hydrogen) atoms. The Morgan fingerprint density at radius 3 is 1.01 bits per heavy atom. The minimum atomic E-state index is -0.603. The maximum Gasteiger partial charge on any atom is 0.132 e. The molecule has 0 fully saturated rings. The van der Waals surface area contributed by atoms with Crippen LogP contribution in [0.4, 0.5) is 17.1 Å². The molecule has 0 atom stereocenters. The molecule has 0 unspecified atom stereocenters. The van der Waals surface area contributed by atoms with Crippen LogP contribution in [0.25, 0.3) is 66.8 Å². The Hall–Kier alpha value is -10.7. The zero-order valence-electron chi connectivity index (χ0n) is 45.2. The van der Waals surface area contributed by atoms with Crippen molar-refractivity contribution < 1.29 is 9.47 Å². The first-order valence-electron chi connectivity index (χ1n) is 28.6. The van der Waals surface area contributed by atoms with Crippen LogP contribution in [0.15, 0.2) is 309 Å².